The van der Waals surface area contributed by atoms with E-state index in [-0.39, 0.29) is 0 Å². The lowest BCUT2D eigenvalue weighted by Gasteiger charge is -2.18. The van der Waals surface area contributed by atoms with Gasteiger partial charge in [0.15, 0.2) is 0 Å². The SMILES string of the molecule is Clc1cccc(N2C=CC(Sc3ccccc3)C2)c1. The summed E-state index contributed by atoms with van der Waals surface area (Å²) in [5, 5.41) is 1.27. The molecule has 0 spiro atoms. The molecule has 96 valence electrons. The van der Waals surface area contributed by atoms with Crippen molar-refractivity contribution in [3.63, 3.8) is 0 Å². The molecule has 1 nitrogen and oxygen atoms in total. The van der Waals surface area contributed by atoms with E-state index in [0.29, 0.717) is 5.25 Å². The average molecular weight is 288 g/mol. The van der Waals surface area contributed by atoms with E-state index >= 15 is 0 Å². The molecule has 3 rings (SSSR count). The smallest absolute Gasteiger partial charge is 0.0471 e. The van der Waals surface area contributed by atoms with E-state index in [2.05, 4.69) is 47.5 Å². The van der Waals surface area contributed by atoms with Crippen molar-refractivity contribution in [3.05, 3.63) is 71.9 Å². The van der Waals surface area contributed by atoms with E-state index in [0.717, 1.165) is 17.3 Å². The molecule has 0 saturated carbocycles. The van der Waals surface area contributed by atoms with E-state index in [1.807, 2.05) is 36.0 Å². The Labute approximate surface area is 122 Å². The minimum atomic E-state index is 0.487. The number of hydrogen-bond acceptors (Lipinski definition) is 2. The van der Waals surface area contributed by atoms with E-state index in [1.54, 1.807) is 0 Å². The zero-order chi connectivity index (χ0) is 13.1. The van der Waals surface area contributed by atoms with Gasteiger partial charge in [-0.3, -0.25) is 0 Å². The van der Waals surface area contributed by atoms with Crippen LogP contribution >= 0.6 is 23.4 Å². The van der Waals surface area contributed by atoms with Crippen molar-refractivity contribution in [1.29, 1.82) is 0 Å². The van der Waals surface area contributed by atoms with Crippen LogP contribution in [0.5, 0.6) is 0 Å². The molecule has 0 amide bonds. The molecule has 0 radical (unpaired) electrons. The lowest BCUT2D eigenvalue weighted by Crippen LogP contribution is -2.18. The normalized spacial score (nSPS) is 17.9. The molecule has 0 aromatic heterocycles. The summed E-state index contributed by atoms with van der Waals surface area (Å²) in [6.07, 6.45) is 4.39. The average Bonchev–Trinajstić information content (AvgIpc) is 2.88. The van der Waals surface area contributed by atoms with Gasteiger partial charge in [0.1, 0.15) is 0 Å². The van der Waals surface area contributed by atoms with Gasteiger partial charge in [-0.25, -0.2) is 0 Å². The molecular formula is C16H14ClNS. The molecule has 2 aromatic rings. The summed E-state index contributed by atoms with van der Waals surface area (Å²) < 4.78 is 0. The Morgan fingerprint density at radius 3 is 2.68 bits per heavy atom. The minimum absolute atomic E-state index is 0.487. The highest BCUT2D eigenvalue weighted by atomic mass is 35.5. The number of anilines is 1. The van der Waals surface area contributed by atoms with Crippen molar-refractivity contribution >= 4 is 29.1 Å². The van der Waals surface area contributed by atoms with Crippen LogP contribution in [0.2, 0.25) is 5.02 Å². The fourth-order valence-corrected chi connectivity index (χ4v) is 3.34. The highest BCUT2D eigenvalue weighted by molar-refractivity contribution is 8.00. The second kappa shape index (κ2) is 5.72. The Bertz CT molecular complexity index is 582. The zero-order valence-electron chi connectivity index (χ0n) is 10.4. The molecule has 0 bridgehead atoms. The number of thioether (sulfide) groups is 1. The van der Waals surface area contributed by atoms with Crippen molar-refractivity contribution in [2.75, 3.05) is 11.4 Å². The maximum absolute atomic E-state index is 6.03. The molecule has 0 saturated heterocycles. The number of benzene rings is 2. The molecule has 0 N–H and O–H groups in total. The predicted molar refractivity (Wildman–Crippen MR) is 84.0 cm³/mol. The van der Waals surface area contributed by atoms with Gasteiger partial charge in [-0.15, -0.1) is 11.8 Å². The van der Waals surface area contributed by atoms with Crippen LogP contribution in [-0.2, 0) is 0 Å². The van der Waals surface area contributed by atoms with Gasteiger partial charge in [0.2, 0.25) is 0 Å². The highest BCUT2D eigenvalue weighted by Gasteiger charge is 2.18. The van der Waals surface area contributed by atoms with Crippen LogP contribution in [0.1, 0.15) is 0 Å². The van der Waals surface area contributed by atoms with E-state index in [4.69, 9.17) is 11.6 Å². The summed E-state index contributed by atoms with van der Waals surface area (Å²) in [5.41, 5.74) is 1.15. The van der Waals surface area contributed by atoms with Gasteiger partial charge in [0, 0.05) is 33.6 Å². The van der Waals surface area contributed by atoms with Crippen LogP contribution in [0, 0.1) is 0 Å². The van der Waals surface area contributed by atoms with Gasteiger partial charge in [0.25, 0.3) is 0 Å². The summed E-state index contributed by atoms with van der Waals surface area (Å²) in [7, 11) is 0. The molecule has 1 aliphatic rings. The van der Waals surface area contributed by atoms with E-state index < -0.39 is 0 Å². The summed E-state index contributed by atoms with van der Waals surface area (Å²) in [6.45, 7) is 0.986. The Hall–Kier alpha value is -1.38. The summed E-state index contributed by atoms with van der Waals surface area (Å²) in [4.78, 5) is 3.55. The van der Waals surface area contributed by atoms with Crippen LogP contribution in [-0.4, -0.2) is 11.8 Å². The number of nitrogens with zero attached hydrogens (tertiary/aromatic N) is 1. The van der Waals surface area contributed by atoms with Gasteiger partial charge < -0.3 is 4.90 Å². The Morgan fingerprint density at radius 2 is 1.89 bits per heavy atom. The van der Waals surface area contributed by atoms with Crippen LogP contribution in [0.3, 0.4) is 0 Å². The second-order valence-electron chi connectivity index (χ2n) is 4.44. The van der Waals surface area contributed by atoms with Gasteiger partial charge >= 0.3 is 0 Å². The Balaban J connectivity index is 1.67. The third-order valence-corrected chi connectivity index (χ3v) is 4.42. The fourth-order valence-electron chi connectivity index (χ4n) is 2.11. The van der Waals surface area contributed by atoms with Crippen LogP contribution in [0.4, 0.5) is 5.69 Å². The monoisotopic (exact) mass is 287 g/mol. The van der Waals surface area contributed by atoms with Crippen LogP contribution in [0.15, 0.2) is 71.8 Å². The second-order valence-corrected chi connectivity index (χ2v) is 6.19. The largest absolute Gasteiger partial charge is 0.347 e. The zero-order valence-corrected chi connectivity index (χ0v) is 11.9. The van der Waals surface area contributed by atoms with Crippen LogP contribution in [0.25, 0.3) is 0 Å². The molecule has 1 heterocycles. The topological polar surface area (TPSA) is 3.24 Å². The van der Waals surface area contributed by atoms with Gasteiger partial charge in [0.05, 0.1) is 0 Å². The lowest BCUT2D eigenvalue weighted by molar-refractivity contribution is 1.01. The molecule has 1 unspecified atom stereocenters. The molecule has 3 heteroatoms. The maximum Gasteiger partial charge on any atom is 0.0471 e. The first-order chi connectivity index (χ1) is 9.31. The predicted octanol–water partition coefficient (Wildman–Crippen LogP) is 4.83. The first-order valence-corrected chi connectivity index (χ1v) is 7.49. The standard InChI is InChI=1S/C16H14ClNS/c17-13-5-4-6-14(11-13)18-10-9-16(12-18)19-15-7-2-1-3-8-15/h1-11,16H,12H2. The van der Waals surface area contributed by atoms with Crippen molar-refractivity contribution in [1.82, 2.24) is 0 Å². The molecule has 1 aliphatic heterocycles. The van der Waals surface area contributed by atoms with Crippen molar-refractivity contribution in [2.45, 2.75) is 10.1 Å². The third kappa shape index (κ3) is 3.14. The summed E-state index contributed by atoms with van der Waals surface area (Å²) in [6, 6.07) is 18.5. The molecule has 0 aliphatic carbocycles. The number of hydrogen-bond donors (Lipinski definition) is 0. The molecule has 1 atom stereocenters. The van der Waals surface area contributed by atoms with Crippen LogP contribution < -0.4 is 4.90 Å². The lowest BCUT2D eigenvalue weighted by atomic mass is 10.3. The fraction of sp³-hybridized carbons (Fsp3) is 0.125. The first-order valence-electron chi connectivity index (χ1n) is 6.23. The highest BCUT2D eigenvalue weighted by Crippen LogP contribution is 2.30. The maximum atomic E-state index is 6.03. The van der Waals surface area contributed by atoms with Crippen molar-refractivity contribution in [3.8, 4) is 0 Å². The minimum Gasteiger partial charge on any atom is -0.347 e. The third-order valence-electron chi connectivity index (χ3n) is 3.03. The quantitative estimate of drug-likeness (QED) is 0.795. The van der Waals surface area contributed by atoms with Gasteiger partial charge in [-0.2, -0.15) is 0 Å². The van der Waals surface area contributed by atoms with Gasteiger partial charge in [-0.1, -0.05) is 41.9 Å². The van der Waals surface area contributed by atoms with Gasteiger partial charge in [-0.05, 0) is 30.3 Å². The molecule has 19 heavy (non-hydrogen) atoms. The first kappa shape index (κ1) is 12.6. The van der Waals surface area contributed by atoms with Crippen molar-refractivity contribution in [2.24, 2.45) is 0 Å². The Kier molecular flexibility index (Phi) is 3.81. The molecule has 0 fully saturated rings. The molecule has 2 aromatic carbocycles. The van der Waals surface area contributed by atoms with E-state index in [1.165, 1.54) is 4.90 Å². The van der Waals surface area contributed by atoms with Crippen molar-refractivity contribution < 1.29 is 0 Å². The molecular weight excluding hydrogens is 274 g/mol. The number of halogens is 1. The summed E-state index contributed by atoms with van der Waals surface area (Å²) >= 11 is 7.93. The summed E-state index contributed by atoms with van der Waals surface area (Å²) in [5.74, 6) is 0. The van der Waals surface area contributed by atoms with E-state index in [9.17, 15) is 0 Å². The number of rotatable bonds is 3. The Morgan fingerprint density at radius 1 is 1.05 bits per heavy atom.